The van der Waals surface area contributed by atoms with E-state index in [2.05, 4.69) is 37.1 Å². The summed E-state index contributed by atoms with van der Waals surface area (Å²) in [5.74, 6) is 0. The summed E-state index contributed by atoms with van der Waals surface area (Å²) < 4.78 is 0. The smallest absolute Gasteiger partial charge is 0.0304 e. The summed E-state index contributed by atoms with van der Waals surface area (Å²) in [6.45, 7) is 10.1. The predicted octanol–water partition coefficient (Wildman–Crippen LogP) is 3.37. The quantitative estimate of drug-likeness (QED) is 0.786. The Morgan fingerprint density at radius 3 is 2.59 bits per heavy atom. The number of halogens is 1. The van der Waals surface area contributed by atoms with Crippen LogP contribution in [0.3, 0.4) is 0 Å². The fourth-order valence-corrected chi connectivity index (χ4v) is 2.85. The number of hydrogen-bond donors (Lipinski definition) is 1. The van der Waals surface area contributed by atoms with Crippen molar-refractivity contribution in [3.05, 3.63) is 11.6 Å². The van der Waals surface area contributed by atoms with Crippen LogP contribution in [-0.2, 0) is 0 Å². The highest BCUT2D eigenvalue weighted by molar-refractivity contribution is 6.25. The number of nitrogens with one attached hydrogen (secondary N) is 1. The van der Waals surface area contributed by atoms with Gasteiger partial charge in [0.2, 0.25) is 0 Å². The lowest BCUT2D eigenvalue weighted by Crippen LogP contribution is -2.63. The Morgan fingerprint density at radius 2 is 2.06 bits per heavy atom. The number of piperazine rings is 1. The Bertz CT molecular complexity index is 236. The molecule has 0 aliphatic carbocycles. The van der Waals surface area contributed by atoms with E-state index < -0.39 is 0 Å². The molecule has 0 aromatic rings. The lowest BCUT2D eigenvalue weighted by molar-refractivity contribution is 0.0781. The van der Waals surface area contributed by atoms with E-state index in [1.807, 2.05) is 0 Å². The van der Waals surface area contributed by atoms with Crippen molar-refractivity contribution in [3.8, 4) is 0 Å². The van der Waals surface area contributed by atoms with Crippen LogP contribution in [-0.4, -0.2) is 36.1 Å². The topological polar surface area (TPSA) is 15.3 Å². The van der Waals surface area contributed by atoms with Crippen molar-refractivity contribution < 1.29 is 0 Å². The summed E-state index contributed by atoms with van der Waals surface area (Å²) in [6.07, 6.45) is 6.98. The zero-order valence-corrected chi connectivity index (χ0v) is 12.3. The van der Waals surface area contributed by atoms with Crippen LogP contribution in [0.25, 0.3) is 0 Å². The van der Waals surface area contributed by atoms with E-state index in [9.17, 15) is 0 Å². The molecule has 1 N–H and O–H groups in total. The standard InChI is InChI=1S/C14H27ClN2/c1-4-8-13-11-16-14(5-2,6-3)12-17(13)10-7-9-15/h7,9,13,16H,4-6,8,10-12H2,1-3H3/b9-7+. The Kier molecular flexibility index (Phi) is 6.53. The lowest BCUT2D eigenvalue weighted by Gasteiger charge is -2.47. The second-order valence-corrected chi connectivity index (χ2v) is 5.35. The highest BCUT2D eigenvalue weighted by atomic mass is 35.5. The van der Waals surface area contributed by atoms with Gasteiger partial charge >= 0.3 is 0 Å². The SMILES string of the molecule is CCCC1CNC(CC)(CC)CN1C/C=C/Cl. The highest BCUT2D eigenvalue weighted by Crippen LogP contribution is 2.24. The van der Waals surface area contributed by atoms with E-state index in [-0.39, 0.29) is 0 Å². The molecule has 100 valence electrons. The molecule has 1 saturated heterocycles. The van der Waals surface area contributed by atoms with Gasteiger partial charge in [-0.3, -0.25) is 4.90 Å². The van der Waals surface area contributed by atoms with Crippen molar-refractivity contribution in [2.45, 2.75) is 58.0 Å². The van der Waals surface area contributed by atoms with Gasteiger partial charge in [0.15, 0.2) is 0 Å². The number of nitrogens with zero attached hydrogens (tertiary/aromatic N) is 1. The van der Waals surface area contributed by atoms with Gasteiger partial charge in [0, 0.05) is 36.8 Å². The molecule has 0 bridgehead atoms. The normalized spacial score (nSPS) is 25.5. The first-order valence-electron chi connectivity index (χ1n) is 6.95. The van der Waals surface area contributed by atoms with Crippen LogP contribution in [0.5, 0.6) is 0 Å². The van der Waals surface area contributed by atoms with E-state index in [4.69, 9.17) is 11.6 Å². The molecule has 1 aliphatic rings. The third-order valence-corrected chi connectivity index (χ3v) is 4.32. The molecule has 3 heteroatoms. The minimum Gasteiger partial charge on any atom is -0.308 e. The first-order valence-corrected chi connectivity index (χ1v) is 7.39. The molecule has 0 aromatic carbocycles. The number of hydrogen-bond acceptors (Lipinski definition) is 2. The zero-order valence-electron chi connectivity index (χ0n) is 11.5. The fraction of sp³-hybridized carbons (Fsp3) is 0.857. The maximum atomic E-state index is 5.66. The average Bonchev–Trinajstić information content (AvgIpc) is 2.38. The molecule has 1 rings (SSSR count). The molecule has 1 aliphatic heterocycles. The van der Waals surface area contributed by atoms with Crippen molar-refractivity contribution in [2.75, 3.05) is 19.6 Å². The molecule has 0 saturated carbocycles. The highest BCUT2D eigenvalue weighted by Gasteiger charge is 2.35. The third kappa shape index (κ3) is 3.97. The van der Waals surface area contributed by atoms with Crippen molar-refractivity contribution in [1.29, 1.82) is 0 Å². The zero-order chi connectivity index (χ0) is 12.7. The summed E-state index contributed by atoms with van der Waals surface area (Å²) >= 11 is 5.66. The Hall–Kier alpha value is -0.0500. The molecule has 1 unspecified atom stereocenters. The summed E-state index contributed by atoms with van der Waals surface area (Å²) in [5.41, 5.74) is 1.95. The van der Waals surface area contributed by atoms with Crippen LogP contribution in [0.15, 0.2) is 11.6 Å². The van der Waals surface area contributed by atoms with Gasteiger partial charge < -0.3 is 5.32 Å². The van der Waals surface area contributed by atoms with Gasteiger partial charge in [-0.15, -0.1) is 0 Å². The van der Waals surface area contributed by atoms with Gasteiger partial charge in [0.1, 0.15) is 0 Å². The van der Waals surface area contributed by atoms with Crippen molar-refractivity contribution in [3.63, 3.8) is 0 Å². The maximum absolute atomic E-state index is 5.66. The molecule has 1 heterocycles. The van der Waals surface area contributed by atoms with Crippen LogP contribution in [0.1, 0.15) is 46.5 Å². The molecule has 0 spiro atoms. The van der Waals surface area contributed by atoms with Crippen molar-refractivity contribution in [2.24, 2.45) is 0 Å². The molecule has 2 nitrogen and oxygen atoms in total. The fourth-order valence-electron chi connectivity index (χ4n) is 2.77. The van der Waals surface area contributed by atoms with E-state index in [0.717, 1.165) is 19.6 Å². The summed E-state index contributed by atoms with van der Waals surface area (Å²) in [4.78, 5) is 2.59. The number of rotatable bonds is 6. The molecule has 0 aromatic heterocycles. The summed E-state index contributed by atoms with van der Waals surface area (Å²) in [6, 6.07) is 0.666. The van der Waals surface area contributed by atoms with Gasteiger partial charge in [-0.25, -0.2) is 0 Å². The second kappa shape index (κ2) is 7.40. The van der Waals surface area contributed by atoms with E-state index in [1.165, 1.54) is 25.7 Å². The van der Waals surface area contributed by atoms with Crippen LogP contribution < -0.4 is 5.32 Å². The van der Waals surface area contributed by atoms with E-state index >= 15 is 0 Å². The van der Waals surface area contributed by atoms with Crippen molar-refractivity contribution in [1.82, 2.24) is 10.2 Å². The van der Waals surface area contributed by atoms with Crippen molar-refractivity contribution >= 4 is 11.6 Å². The second-order valence-electron chi connectivity index (χ2n) is 5.10. The van der Waals surface area contributed by atoms with Gasteiger partial charge in [-0.1, -0.05) is 44.9 Å². The third-order valence-electron chi connectivity index (χ3n) is 4.14. The predicted molar refractivity (Wildman–Crippen MR) is 76.6 cm³/mol. The molecule has 1 atom stereocenters. The van der Waals surface area contributed by atoms with Crippen LogP contribution in [0.4, 0.5) is 0 Å². The monoisotopic (exact) mass is 258 g/mol. The minimum absolute atomic E-state index is 0.310. The van der Waals surface area contributed by atoms with Gasteiger partial charge in [-0.2, -0.15) is 0 Å². The molecular weight excluding hydrogens is 232 g/mol. The van der Waals surface area contributed by atoms with Crippen LogP contribution in [0, 0.1) is 0 Å². The molecule has 17 heavy (non-hydrogen) atoms. The summed E-state index contributed by atoms with van der Waals surface area (Å²) in [5, 5.41) is 3.77. The lowest BCUT2D eigenvalue weighted by atomic mass is 9.88. The Labute approximate surface area is 111 Å². The van der Waals surface area contributed by atoms with E-state index in [1.54, 1.807) is 5.54 Å². The molecular formula is C14H27ClN2. The Balaban J connectivity index is 2.67. The van der Waals surface area contributed by atoms with Crippen LogP contribution in [0.2, 0.25) is 0 Å². The average molecular weight is 259 g/mol. The minimum atomic E-state index is 0.310. The molecule has 0 amide bonds. The largest absolute Gasteiger partial charge is 0.308 e. The first-order chi connectivity index (χ1) is 8.21. The summed E-state index contributed by atoms with van der Waals surface area (Å²) in [7, 11) is 0. The van der Waals surface area contributed by atoms with Gasteiger partial charge in [-0.05, 0) is 19.3 Å². The Morgan fingerprint density at radius 1 is 1.35 bits per heavy atom. The van der Waals surface area contributed by atoms with E-state index in [0.29, 0.717) is 11.6 Å². The van der Waals surface area contributed by atoms with Crippen LogP contribution >= 0.6 is 11.6 Å². The van der Waals surface area contributed by atoms with Gasteiger partial charge in [0.05, 0.1) is 0 Å². The van der Waals surface area contributed by atoms with Gasteiger partial charge in [0.25, 0.3) is 0 Å². The molecule has 1 fully saturated rings. The maximum Gasteiger partial charge on any atom is 0.0304 e. The molecule has 0 radical (unpaired) electrons. The first kappa shape index (κ1) is 15.0.